The first-order valence-electron chi connectivity index (χ1n) is 8.52. The average Bonchev–Trinajstić information content (AvgIpc) is 2.93. The van der Waals surface area contributed by atoms with Crippen molar-refractivity contribution in [2.45, 2.75) is 20.0 Å². The zero-order valence-electron chi connectivity index (χ0n) is 14.7. The van der Waals surface area contributed by atoms with Crippen LogP contribution in [0.25, 0.3) is 21.8 Å². The van der Waals surface area contributed by atoms with E-state index in [1.54, 1.807) is 0 Å². The number of aryl methyl sites for hydroxylation is 1. The third-order valence-electron chi connectivity index (χ3n) is 4.41. The molecule has 0 radical (unpaired) electrons. The summed E-state index contributed by atoms with van der Waals surface area (Å²) in [6, 6.07) is 15.1. The summed E-state index contributed by atoms with van der Waals surface area (Å²) in [5.41, 5.74) is 3.71. The number of likely N-dealkylation sites (N-methyl/N-ethyl adjacent to an activating group) is 1. The predicted octanol–water partition coefficient (Wildman–Crippen LogP) is 3.00. The van der Waals surface area contributed by atoms with Crippen LogP contribution in [-0.2, 0) is 17.9 Å². The van der Waals surface area contributed by atoms with Crippen molar-refractivity contribution < 1.29 is 4.79 Å². The molecule has 4 nitrogen and oxygen atoms in total. The largest absolute Gasteiger partial charge is 0.344 e. The van der Waals surface area contributed by atoms with Gasteiger partial charge in [0.2, 0.25) is 5.91 Å². The number of hydrogen-bond acceptors (Lipinski definition) is 2. The van der Waals surface area contributed by atoms with Crippen molar-refractivity contribution in [1.29, 1.82) is 0 Å². The Morgan fingerprint density at radius 1 is 1.20 bits per heavy atom. The molecule has 3 rings (SSSR count). The highest BCUT2D eigenvalue weighted by Gasteiger charge is 2.11. The summed E-state index contributed by atoms with van der Waals surface area (Å²) < 4.78 is 2.34. The van der Waals surface area contributed by atoms with Gasteiger partial charge in [0.25, 0.3) is 0 Å². The second-order valence-electron chi connectivity index (χ2n) is 6.27. The number of para-hydroxylation sites is 1. The van der Waals surface area contributed by atoms with Crippen LogP contribution in [0, 0.1) is 12.3 Å². The van der Waals surface area contributed by atoms with Crippen LogP contribution in [0.2, 0.25) is 0 Å². The van der Waals surface area contributed by atoms with Gasteiger partial charge in [-0.05, 0) is 37.7 Å². The number of nitrogens with one attached hydrogen (secondary N) is 1. The molecular formula is C21H23N3O. The fourth-order valence-electron chi connectivity index (χ4n) is 3.36. The summed E-state index contributed by atoms with van der Waals surface area (Å²) in [7, 11) is 1.94. The Hall–Kier alpha value is -2.77. The molecule has 0 aliphatic rings. The van der Waals surface area contributed by atoms with E-state index in [2.05, 4.69) is 65.2 Å². The Morgan fingerprint density at radius 3 is 2.72 bits per heavy atom. The van der Waals surface area contributed by atoms with Crippen LogP contribution < -0.4 is 5.32 Å². The van der Waals surface area contributed by atoms with E-state index in [-0.39, 0.29) is 12.5 Å². The Balaban J connectivity index is 1.85. The monoisotopic (exact) mass is 333 g/mol. The number of amides is 1. The Labute approximate surface area is 148 Å². The van der Waals surface area contributed by atoms with E-state index in [1.165, 1.54) is 27.4 Å². The molecule has 4 heteroatoms. The van der Waals surface area contributed by atoms with E-state index >= 15 is 0 Å². The van der Waals surface area contributed by atoms with Crippen molar-refractivity contribution >= 4 is 27.7 Å². The van der Waals surface area contributed by atoms with Gasteiger partial charge in [0.15, 0.2) is 0 Å². The second kappa shape index (κ2) is 7.42. The van der Waals surface area contributed by atoms with Gasteiger partial charge in [0.05, 0.1) is 13.1 Å². The topological polar surface area (TPSA) is 37.3 Å². The molecule has 25 heavy (non-hydrogen) atoms. The van der Waals surface area contributed by atoms with Gasteiger partial charge in [0.1, 0.15) is 0 Å². The minimum Gasteiger partial charge on any atom is -0.344 e. The lowest BCUT2D eigenvalue weighted by Gasteiger charge is -2.16. The summed E-state index contributed by atoms with van der Waals surface area (Å²) in [5.74, 6) is 2.36. The standard InChI is InChI=1S/C21H23N3O/c1-4-12-22-21(25)15-23(3)14-16-10-11-20-18(13-16)17-8-6-7-9-19(17)24(20)5-2/h1,6-11,13H,5,12,14-15H2,2-3H3,(H,22,25). The van der Waals surface area contributed by atoms with Crippen LogP contribution >= 0.6 is 0 Å². The van der Waals surface area contributed by atoms with E-state index in [0.717, 1.165) is 6.54 Å². The van der Waals surface area contributed by atoms with Crippen molar-refractivity contribution in [3.63, 3.8) is 0 Å². The van der Waals surface area contributed by atoms with Crippen LogP contribution in [-0.4, -0.2) is 35.5 Å². The molecule has 0 aliphatic heterocycles. The van der Waals surface area contributed by atoms with Gasteiger partial charge in [-0.2, -0.15) is 0 Å². The SMILES string of the molecule is C#CCNC(=O)CN(C)Cc1ccc2c(c1)c1ccccc1n2CC. The molecule has 0 atom stereocenters. The van der Waals surface area contributed by atoms with Crippen molar-refractivity contribution in [3.8, 4) is 12.3 Å². The maximum absolute atomic E-state index is 11.8. The Bertz CT molecular complexity index is 949. The molecule has 1 amide bonds. The minimum absolute atomic E-state index is 0.0517. The van der Waals surface area contributed by atoms with Gasteiger partial charge in [-0.3, -0.25) is 9.69 Å². The third kappa shape index (κ3) is 3.52. The van der Waals surface area contributed by atoms with Crippen LogP contribution in [0.1, 0.15) is 12.5 Å². The summed E-state index contributed by atoms with van der Waals surface area (Å²) in [5, 5.41) is 5.23. The van der Waals surface area contributed by atoms with E-state index in [4.69, 9.17) is 6.42 Å². The quantitative estimate of drug-likeness (QED) is 0.704. The number of carbonyl (C=O) groups excluding carboxylic acids is 1. The minimum atomic E-state index is -0.0517. The number of terminal acetylenes is 1. The smallest absolute Gasteiger partial charge is 0.234 e. The summed E-state index contributed by atoms with van der Waals surface area (Å²) in [4.78, 5) is 13.8. The van der Waals surface area contributed by atoms with Crippen molar-refractivity contribution in [2.75, 3.05) is 20.1 Å². The molecule has 1 aromatic heterocycles. The van der Waals surface area contributed by atoms with E-state index in [9.17, 15) is 4.79 Å². The summed E-state index contributed by atoms with van der Waals surface area (Å²) >= 11 is 0. The fourth-order valence-corrected chi connectivity index (χ4v) is 3.36. The first-order chi connectivity index (χ1) is 12.1. The highest BCUT2D eigenvalue weighted by atomic mass is 16.1. The highest BCUT2D eigenvalue weighted by Crippen LogP contribution is 2.29. The second-order valence-corrected chi connectivity index (χ2v) is 6.27. The average molecular weight is 333 g/mol. The first kappa shape index (κ1) is 17.1. The lowest BCUT2D eigenvalue weighted by atomic mass is 10.1. The molecule has 1 heterocycles. The van der Waals surface area contributed by atoms with Crippen LogP contribution in [0.5, 0.6) is 0 Å². The van der Waals surface area contributed by atoms with E-state index < -0.39 is 0 Å². The number of nitrogens with zero attached hydrogens (tertiary/aromatic N) is 2. The maximum atomic E-state index is 11.8. The van der Waals surface area contributed by atoms with Gasteiger partial charge in [-0.25, -0.2) is 0 Å². The maximum Gasteiger partial charge on any atom is 0.234 e. The Morgan fingerprint density at radius 2 is 1.96 bits per heavy atom. The lowest BCUT2D eigenvalue weighted by molar-refractivity contribution is -0.121. The van der Waals surface area contributed by atoms with Crippen LogP contribution in [0.4, 0.5) is 0 Å². The Kier molecular flexibility index (Phi) is 5.06. The molecule has 2 aromatic carbocycles. The van der Waals surface area contributed by atoms with Crippen LogP contribution in [0.3, 0.4) is 0 Å². The molecule has 0 bridgehead atoms. The van der Waals surface area contributed by atoms with Crippen molar-refractivity contribution in [2.24, 2.45) is 0 Å². The van der Waals surface area contributed by atoms with Gasteiger partial charge < -0.3 is 9.88 Å². The van der Waals surface area contributed by atoms with Gasteiger partial charge in [0, 0.05) is 34.9 Å². The highest BCUT2D eigenvalue weighted by molar-refractivity contribution is 6.08. The molecule has 128 valence electrons. The normalized spacial score (nSPS) is 11.1. The summed E-state index contributed by atoms with van der Waals surface area (Å²) in [6.45, 7) is 4.43. The van der Waals surface area contributed by atoms with E-state index in [0.29, 0.717) is 13.1 Å². The van der Waals surface area contributed by atoms with Gasteiger partial charge >= 0.3 is 0 Å². The summed E-state index contributed by atoms with van der Waals surface area (Å²) in [6.07, 6.45) is 5.16. The lowest BCUT2D eigenvalue weighted by Crippen LogP contribution is -2.34. The van der Waals surface area contributed by atoms with Gasteiger partial charge in [-0.15, -0.1) is 6.42 Å². The molecule has 0 unspecified atom stereocenters. The van der Waals surface area contributed by atoms with Crippen LogP contribution in [0.15, 0.2) is 42.5 Å². The third-order valence-corrected chi connectivity index (χ3v) is 4.41. The number of aromatic nitrogens is 1. The van der Waals surface area contributed by atoms with Crippen molar-refractivity contribution in [3.05, 3.63) is 48.0 Å². The molecule has 0 aliphatic carbocycles. The molecule has 1 N–H and O–H groups in total. The van der Waals surface area contributed by atoms with E-state index in [1.807, 2.05) is 11.9 Å². The molecule has 0 fully saturated rings. The number of carbonyl (C=O) groups is 1. The molecule has 0 saturated heterocycles. The zero-order chi connectivity index (χ0) is 17.8. The molecule has 3 aromatic rings. The van der Waals surface area contributed by atoms with Gasteiger partial charge in [-0.1, -0.05) is 30.2 Å². The van der Waals surface area contributed by atoms with Crippen molar-refractivity contribution in [1.82, 2.24) is 14.8 Å². The predicted molar refractivity (Wildman–Crippen MR) is 103 cm³/mol. The number of rotatable bonds is 6. The number of benzene rings is 2. The molecule has 0 saturated carbocycles. The fraction of sp³-hybridized carbons (Fsp3) is 0.286. The number of hydrogen-bond donors (Lipinski definition) is 1. The molecular weight excluding hydrogens is 310 g/mol. The molecule has 0 spiro atoms. The number of fused-ring (bicyclic) bond motifs is 3. The zero-order valence-corrected chi connectivity index (χ0v) is 14.7. The first-order valence-corrected chi connectivity index (χ1v) is 8.52.